The molecule has 0 radical (unpaired) electrons. The second kappa shape index (κ2) is 9.39. The fourth-order valence-electron chi connectivity index (χ4n) is 1.78. The Labute approximate surface area is 142 Å². The minimum atomic E-state index is -3.83. The number of benzene rings is 1. The van der Waals surface area contributed by atoms with Crippen LogP contribution in [0.1, 0.15) is 32.3 Å². The molecular formula is C16H24N2O5S. The number of aryl methyl sites for hydroxylation is 1. The molecule has 0 fully saturated rings. The zero-order valence-corrected chi connectivity index (χ0v) is 15.0. The number of hydrogen-bond donors (Lipinski definition) is 2. The average Bonchev–Trinajstić information content (AvgIpc) is 2.52. The highest BCUT2D eigenvalue weighted by atomic mass is 32.2. The van der Waals surface area contributed by atoms with E-state index in [2.05, 4.69) is 10.0 Å². The van der Waals surface area contributed by atoms with Crippen LogP contribution in [0.2, 0.25) is 0 Å². The number of amides is 1. The molecule has 2 N–H and O–H groups in total. The third-order valence-corrected chi connectivity index (χ3v) is 4.77. The van der Waals surface area contributed by atoms with Crippen LogP contribution >= 0.6 is 0 Å². The van der Waals surface area contributed by atoms with Crippen LogP contribution in [0.15, 0.2) is 29.2 Å². The van der Waals surface area contributed by atoms with Crippen molar-refractivity contribution in [2.75, 3.05) is 13.2 Å². The first-order chi connectivity index (χ1) is 11.3. The van der Waals surface area contributed by atoms with Crippen molar-refractivity contribution in [1.29, 1.82) is 0 Å². The summed E-state index contributed by atoms with van der Waals surface area (Å²) in [6.45, 7) is 5.29. The summed E-state index contributed by atoms with van der Waals surface area (Å²) < 4.78 is 31.4. The normalized spacial score (nSPS) is 12.5. The van der Waals surface area contributed by atoms with Gasteiger partial charge < -0.3 is 10.1 Å². The van der Waals surface area contributed by atoms with Crippen LogP contribution in [0, 0.1) is 6.92 Å². The molecule has 134 valence electrons. The van der Waals surface area contributed by atoms with Crippen LogP contribution < -0.4 is 10.0 Å². The number of hydrogen-bond acceptors (Lipinski definition) is 5. The quantitative estimate of drug-likeness (QED) is 0.510. The van der Waals surface area contributed by atoms with Gasteiger partial charge in [0.25, 0.3) is 5.91 Å². The molecular weight excluding hydrogens is 332 g/mol. The lowest BCUT2D eigenvalue weighted by molar-refractivity contribution is -0.149. The molecule has 0 heterocycles. The van der Waals surface area contributed by atoms with Gasteiger partial charge in [0.05, 0.1) is 4.90 Å². The second-order valence-electron chi connectivity index (χ2n) is 5.47. The number of unbranched alkanes of at least 4 members (excludes halogenated alkanes) is 1. The summed E-state index contributed by atoms with van der Waals surface area (Å²) in [6.07, 6.45) is 1.78. The minimum Gasteiger partial charge on any atom is -0.454 e. The van der Waals surface area contributed by atoms with Crippen molar-refractivity contribution in [3.8, 4) is 0 Å². The van der Waals surface area contributed by atoms with E-state index in [1.165, 1.54) is 19.1 Å². The molecule has 8 heteroatoms. The fourth-order valence-corrected chi connectivity index (χ4v) is 2.98. The van der Waals surface area contributed by atoms with Gasteiger partial charge in [0.1, 0.15) is 6.04 Å². The molecule has 0 aliphatic rings. The van der Waals surface area contributed by atoms with Gasteiger partial charge in [-0.05, 0) is 32.4 Å². The van der Waals surface area contributed by atoms with Crippen LogP contribution in [0.4, 0.5) is 0 Å². The minimum absolute atomic E-state index is 0.0602. The van der Waals surface area contributed by atoms with Gasteiger partial charge in [-0.2, -0.15) is 4.72 Å². The molecule has 24 heavy (non-hydrogen) atoms. The molecule has 7 nitrogen and oxygen atoms in total. The van der Waals surface area contributed by atoms with E-state index in [4.69, 9.17) is 4.74 Å². The maximum atomic E-state index is 12.2. The summed E-state index contributed by atoms with van der Waals surface area (Å²) >= 11 is 0. The Morgan fingerprint density at radius 3 is 2.42 bits per heavy atom. The molecule has 1 amide bonds. The number of carbonyl (C=O) groups is 2. The average molecular weight is 356 g/mol. The molecule has 1 atom stereocenters. The Morgan fingerprint density at radius 2 is 1.83 bits per heavy atom. The van der Waals surface area contributed by atoms with Crippen LogP contribution in [0.5, 0.6) is 0 Å². The number of esters is 1. The summed E-state index contributed by atoms with van der Waals surface area (Å²) in [4.78, 5) is 23.3. The molecule has 1 aromatic carbocycles. The first kappa shape index (κ1) is 20.1. The van der Waals surface area contributed by atoms with Crippen molar-refractivity contribution in [1.82, 2.24) is 10.0 Å². The lowest BCUT2D eigenvalue weighted by Crippen LogP contribution is -2.41. The van der Waals surface area contributed by atoms with Crippen molar-refractivity contribution < 1.29 is 22.7 Å². The fraction of sp³-hybridized carbons (Fsp3) is 0.500. The number of ether oxygens (including phenoxy) is 1. The zero-order valence-electron chi connectivity index (χ0n) is 14.2. The molecule has 0 aliphatic heterocycles. The van der Waals surface area contributed by atoms with E-state index in [-0.39, 0.29) is 4.90 Å². The summed E-state index contributed by atoms with van der Waals surface area (Å²) in [5, 5.41) is 2.60. The lowest BCUT2D eigenvalue weighted by Gasteiger charge is -2.14. The molecule has 0 bridgehead atoms. The maximum absolute atomic E-state index is 12.2. The van der Waals surface area contributed by atoms with Crippen LogP contribution in [0.3, 0.4) is 0 Å². The largest absolute Gasteiger partial charge is 0.454 e. The molecule has 0 aromatic heterocycles. The van der Waals surface area contributed by atoms with Gasteiger partial charge in [-0.15, -0.1) is 0 Å². The highest BCUT2D eigenvalue weighted by Gasteiger charge is 2.23. The van der Waals surface area contributed by atoms with Crippen molar-refractivity contribution in [2.24, 2.45) is 0 Å². The molecule has 0 saturated heterocycles. The Hall–Kier alpha value is -1.93. The molecule has 0 unspecified atom stereocenters. The van der Waals surface area contributed by atoms with E-state index in [1.54, 1.807) is 12.1 Å². The SMILES string of the molecule is CCCCNC(=O)COC(=O)[C@H](C)NS(=O)(=O)c1ccc(C)cc1. The number of rotatable bonds is 9. The highest BCUT2D eigenvalue weighted by Crippen LogP contribution is 2.10. The van der Waals surface area contributed by atoms with E-state index in [1.807, 2.05) is 13.8 Å². The van der Waals surface area contributed by atoms with Gasteiger partial charge in [-0.25, -0.2) is 8.42 Å². The van der Waals surface area contributed by atoms with Gasteiger partial charge in [0.15, 0.2) is 6.61 Å². The summed E-state index contributed by atoms with van der Waals surface area (Å²) in [5.41, 5.74) is 0.926. The first-order valence-corrected chi connectivity index (χ1v) is 9.27. The molecule has 0 spiro atoms. The van der Waals surface area contributed by atoms with Gasteiger partial charge in [0.2, 0.25) is 10.0 Å². The Kier molecular flexibility index (Phi) is 7.87. The Bertz CT molecular complexity index is 656. The van der Waals surface area contributed by atoms with Gasteiger partial charge in [-0.3, -0.25) is 9.59 Å². The summed E-state index contributed by atoms with van der Waals surface area (Å²) in [7, 11) is -3.83. The van der Waals surface area contributed by atoms with Crippen LogP contribution in [-0.4, -0.2) is 39.5 Å². The third kappa shape index (κ3) is 6.67. The van der Waals surface area contributed by atoms with Gasteiger partial charge >= 0.3 is 5.97 Å². The summed E-state index contributed by atoms with van der Waals surface area (Å²) in [6, 6.07) is 5.14. The van der Waals surface area contributed by atoms with Crippen LogP contribution in [-0.2, 0) is 24.3 Å². The number of sulfonamides is 1. The van der Waals surface area contributed by atoms with Crippen LogP contribution in [0.25, 0.3) is 0 Å². The predicted octanol–water partition coefficient (Wildman–Crippen LogP) is 1.12. The molecule has 1 rings (SSSR count). The number of carbonyl (C=O) groups excluding carboxylic acids is 2. The van der Waals surface area contributed by atoms with Crippen molar-refractivity contribution in [3.05, 3.63) is 29.8 Å². The second-order valence-corrected chi connectivity index (χ2v) is 7.18. The van der Waals surface area contributed by atoms with E-state index < -0.39 is 34.5 Å². The standard InChI is InChI=1S/C16H24N2O5S/c1-4-5-10-17-15(19)11-23-16(20)13(3)18-24(21,22)14-8-6-12(2)7-9-14/h6-9,13,18H,4-5,10-11H2,1-3H3,(H,17,19)/t13-/m0/s1. The van der Waals surface area contributed by atoms with Gasteiger partial charge in [0, 0.05) is 6.54 Å². The summed E-state index contributed by atoms with van der Waals surface area (Å²) in [5.74, 6) is -1.22. The molecule has 1 aromatic rings. The van der Waals surface area contributed by atoms with Crippen molar-refractivity contribution >= 4 is 21.9 Å². The van der Waals surface area contributed by atoms with Gasteiger partial charge in [-0.1, -0.05) is 31.0 Å². The monoisotopic (exact) mass is 356 g/mol. The van der Waals surface area contributed by atoms with E-state index >= 15 is 0 Å². The predicted molar refractivity (Wildman–Crippen MR) is 89.8 cm³/mol. The Morgan fingerprint density at radius 1 is 1.21 bits per heavy atom. The van der Waals surface area contributed by atoms with Crippen molar-refractivity contribution in [3.63, 3.8) is 0 Å². The van der Waals surface area contributed by atoms with E-state index in [0.29, 0.717) is 6.54 Å². The lowest BCUT2D eigenvalue weighted by atomic mass is 10.2. The highest BCUT2D eigenvalue weighted by molar-refractivity contribution is 7.89. The number of nitrogens with one attached hydrogen (secondary N) is 2. The molecule has 0 aliphatic carbocycles. The smallest absolute Gasteiger partial charge is 0.324 e. The Balaban J connectivity index is 2.51. The zero-order chi connectivity index (χ0) is 18.2. The van der Waals surface area contributed by atoms with Crippen molar-refractivity contribution in [2.45, 2.75) is 44.6 Å². The van der Waals surface area contributed by atoms with E-state index in [0.717, 1.165) is 18.4 Å². The third-order valence-electron chi connectivity index (χ3n) is 3.21. The first-order valence-electron chi connectivity index (χ1n) is 7.78. The maximum Gasteiger partial charge on any atom is 0.324 e. The topological polar surface area (TPSA) is 102 Å². The van der Waals surface area contributed by atoms with E-state index in [9.17, 15) is 18.0 Å². The molecule has 0 saturated carbocycles.